The van der Waals surface area contributed by atoms with Gasteiger partial charge in [0.2, 0.25) is 0 Å². The molecule has 39 heteroatoms. The third-order valence-electron chi connectivity index (χ3n) is 16.2. The minimum absolute atomic E-state index is 0. The van der Waals surface area contributed by atoms with Crippen LogP contribution in [0, 0.1) is 0 Å². The predicted octanol–water partition coefficient (Wildman–Crippen LogP) is 11.8. The fourth-order valence-electron chi connectivity index (χ4n) is 9.23. The molecule has 4 aromatic rings. The molecule has 27 nitrogen and oxygen atoms in total. The van der Waals surface area contributed by atoms with E-state index in [9.17, 15) is 0 Å². The van der Waals surface area contributed by atoms with Gasteiger partial charge >= 0.3 is 68.3 Å². The normalized spacial score (nSPS) is 13.2. The number of aryl methyl sites for hydroxylation is 1. The molecular formula is C75H113Cu4N27S8. The molecule has 1 aromatic carbocycles. The number of amidine groups is 8. The minimum atomic E-state index is 0. The van der Waals surface area contributed by atoms with Crippen LogP contribution in [0.25, 0.3) is 0 Å². The van der Waals surface area contributed by atoms with Gasteiger partial charge in [0.15, 0.2) is 0 Å². The van der Waals surface area contributed by atoms with Crippen LogP contribution in [0.5, 0.6) is 0 Å². The van der Waals surface area contributed by atoms with Crippen LogP contribution in [0.15, 0.2) is 179 Å². The van der Waals surface area contributed by atoms with Gasteiger partial charge in [-0.3, -0.25) is 15.0 Å². The molecule has 0 N–H and O–H groups in total. The monoisotopic (exact) mass is 1900 g/mol. The zero-order valence-electron chi connectivity index (χ0n) is 69.3. The Morgan fingerprint density at radius 1 is 0.254 bits per heavy atom. The van der Waals surface area contributed by atoms with Gasteiger partial charge in [-0.25, -0.2) is 0 Å². The Balaban J connectivity index is -0.000000700. The Kier molecular flexibility index (Phi) is 67.6. The van der Waals surface area contributed by atoms with Gasteiger partial charge in [-0.1, -0.05) is 37.3 Å². The van der Waals surface area contributed by atoms with Gasteiger partial charge in [0.1, 0.15) is 22.8 Å². The van der Waals surface area contributed by atoms with Gasteiger partial charge in [0, 0.05) is 194 Å². The molecule has 3 aromatic heterocycles. The summed E-state index contributed by atoms with van der Waals surface area (Å²) in [7, 11) is 0. The van der Waals surface area contributed by atoms with Gasteiger partial charge in [-0.2, -0.15) is 61.2 Å². The summed E-state index contributed by atoms with van der Waals surface area (Å²) in [5.41, 5.74) is 9.11. The van der Waals surface area contributed by atoms with E-state index in [1.807, 2.05) is 225 Å². The first kappa shape index (κ1) is 114. The molecule has 0 aliphatic rings. The molecule has 0 atom stereocenters. The number of benzene rings is 1. The van der Waals surface area contributed by atoms with E-state index in [4.69, 9.17) is 101 Å². The summed E-state index contributed by atoms with van der Waals surface area (Å²) in [6, 6.07) is 21.2. The second kappa shape index (κ2) is 67.6. The first-order valence-electron chi connectivity index (χ1n) is 37.1. The zero-order chi connectivity index (χ0) is 82.5. The van der Waals surface area contributed by atoms with E-state index in [1.54, 1.807) is 37.9 Å². The van der Waals surface area contributed by atoms with Crippen molar-refractivity contribution in [3.63, 3.8) is 0 Å². The van der Waals surface area contributed by atoms with Crippen molar-refractivity contribution in [1.82, 2.24) is 54.2 Å². The van der Waals surface area contributed by atoms with Crippen LogP contribution in [0.1, 0.15) is 173 Å². The molecule has 0 aliphatic heterocycles. The van der Waals surface area contributed by atoms with Crippen LogP contribution in [0.3, 0.4) is 0 Å². The van der Waals surface area contributed by atoms with Crippen LogP contribution in [0.2, 0.25) is 0 Å². The van der Waals surface area contributed by atoms with Gasteiger partial charge in [0.05, 0.1) is 28.5 Å². The predicted molar refractivity (Wildman–Crippen MR) is 489 cm³/mol. The SMILES string of the molecule is CCN(CC)C([S-])=NN=C(C)C(=NN=C([S-])N(CC)CC)c1ccccn1.CCN(CC)C([S-])=NN=C(C)C(=NN=C([S-])N(CC)CC)c1cccnc1.CCN(CC)C([S-])=NN=C(C)C(=NN=C([S-])N(CC)CC)c1ccncc1.CCc1ccc(C(=NN=C([S-])N(CC)CC)C(C)=NN=C([S-])N(CC)CC)cc1.[Cu+2].[Cu+2].[Cu+2].[Cu+2]. The third kappa shape index (κ3) is 42.2. The fourth-order valence-corrected chi connectivity index (χ4v) is 11.6. The summed E-state index contributed by atoms with van der Waals surface area (Å²) < 4.78 is 0. The van der Waals surface area contributed by atoms with Crippen molar-refractivity contribution < 1.29 is 68.3 Å². The number of nitrogens with zero attached hydrogens (tertiary/aromatic N) is 27. The van der Waals surface area contributed by atoms with E-state index < -0.39 is 0 Å². The van der Waals surface area contributed by atoms with Crippen LogP contribution in [-0.2, 0) is 176 Å². The van der Waals surface area contributed by atoms with Crippen molar-refractivity contribution in [2.24, 2.45) is 81.6 Å². The molecule has 0 aliphatic carbocycles. The standard InChI is InChI=1S/C21H34N6S2.3C18H29N7S2.4Cu/c1-7-17-12-14-18(15-13-17)19(23-25-21(29)27(10-4)11-5)16(6)22-24-20(28)26(8-2)9-3;1-6-24(7-2)17(26)22-20-14(5)16(15-10-12-19-13-11-15)21-23-18(27)25(8-3)9-4;1-6-24(7-2)17(26)22-20-14(5)16(15-11-10-12-19-13-15)21-23-18(27)25(8-3)9-4;1-6-24(7-2)17(26)22-20-14(5)16(15-12-10-11-13-19-15)21-23-18(27)25(8-3)9-4;;;;/h12-15H,7-11H2,1-6H3,(H,24,28)(H,25,29);3*10-13H,6-9H2,1-5H3,(H,22,26)(H,23,27);;;;/q;;;;4*+2/p-8. The summed E-state index contributed by atoms with van der Waals surface area (Å²) in [6.45, 7) is 54.4. The number of pyridine rings is 3. The average Bonchev–Trinajstić information content (AvgIpc) is 0.878. The first-order valence-corrected chi connectivity index (χ1v) is 40.4. The summed E-state index contributed by atoms with van der Waals surface area (Å²) in [6.07, 6.45) is 9.46. The molecule has 640 valence electrons. The number of aromatic nitrogens is 3. The Labute approximate surface area is 767 Å². The van der Waals surface area contributed by atoms with Gasteiger partial charge < -0.3 is 140 Å². The molecule has 0 saturated carbocycles. The Morgan fingerprint density at radius 2 is 0.509 bits per heavy atom. The summed E-state index contributed by atoms with van der Waals surface area (Å²) in [5.74, 6) is 0. The minimum Gasteiger partial charge on any atom is -0.741 e. The third-order valence-corrected chi connectivity index (χ3v) is 18.9. The molecule has 0 spiro atoms. The fraction of sp³-hybridized carbons (Fsp3) is 0.507. The van der Waals surface area contributed by atoms with E-state index in [2.05, 4.69) is 116 Å². The Morgan fingerprint density at radius 3 is 0.754 bits per heavy atom. The largest absolute Gasteiger partial charge is 2.00 e. The number of hydrogen-bond donors (Lipinski definition) is 0. The quantitative estimate of drug-likeness (QED) is 0.0141. The van der Waals surface area contributed by atoms with E-state index >= 15 is 0 Å². The molecule has 0 saturated heterocycles. The summed E-state index contributed by atoms with van der Waals surface area (Å²) in [4.78, 5) is 28.2. The van der Waals surface area contributed by atoms with Crippen molar-refractivity contribution in [2.75, 3.05) is 105 Å². The molecule has 3 heterocycles. The molecule has 0 bridgehead atoms. The molecule has 0 amide bonds. The van der Waals surface area contributed by atoms with Crippen molar-refractivity contribution in [2.45, 2.75) is 152 Å². The van der Waals surface area contributed by atoms with Crippen molar-refractivity contribution in [3.8, 4) is 0 Å². The van der Waals surface area contributed by atoms with E-state index in [1.165, 1.54) is 5.56 Å². The second-order valence-electron chi connectivity index (χ2n) is 22.7. The van der Waals surface area contributed by atoms with Crippen molar-refractivity contribution >= 4 is 188 Å². The van der Waals surface area contributed by atoms with E-state index in [0.29, 0.717) is 92.7 Å². The van der Waals surface area contributed by atoms with Crippen LogP contribution in [0.4, 0.5) is 0 Å². The molecule has 0 unspecified atom stereocenters. The molecular weight excluding hydrogens is 1790 g/mol. The summed E-state index contributed by atoms with van der Waals surface area (Å²) >= 11 is 42.7. The maximum Gasteiger partial charge on any atom is 2.00 e. The van der Waals surface area contributed by atoms with Gasteiger partial charge in [-0.05, 0) is 187 Å². The maximum absolute atomic E-state index is 5.40. The van der Waals surface area contributed by atoms with Crippen LogP contribution < -0.4 is 0 Å². The topological polar surface area (TPSA) is 262 Å². The van der Waals surface area contributed by atoms with Crippen LogP contribution >= 0.6 is 0 Å². The van der Waals surface area contributed by atoms with Crippen molar-refractivity contribution in [3.05, 3.63) is 126 Å². The smallest absolute Gasteiger partial charge is 0.741 e. The zero-order valence-corrected chi connectivity index (χ0v) is 79.6. The number of rotatable bonds is 33. The molecule has 4 rings (SSSR count). The average molecular weight is 1900 g/mol. The second-order valence-corrected chi connectivity index (χ2v) is 25.6. The first-order chi connectivity index (χ1) is 52.8. The summed E-state index contributed by atoms with van der Waals surface area (Å²) in [5, 5.41) is 71.8. The number of hydrogen-bond acceptors (Lipinski definition) is 27. The van der Waals surface area contributed by atoms with Crippen LogP contribution in [-0.4, -0.2) is 246 Å². The molecule has 4 radical (unpaired) electrons. The van der Waals surface area contributed by atoms with E-state index in [-0.39, 0.29) is 68.3 Å². The Bertz CT molecular complexity index is 3540. The Hall–Kier alpha value is -6.37. The van der Waals surface area contributed by atoms with Crippen molar-refractivity contribution in [1.29, 1.82) is 0 Å². The molecule has 0 fully saturated rings. The van der Waals surface area contributed by atoms with Gasteiger partial charge in [-0.15, -0.1) is 20.4 Å². The van der Waals surface area contributed by atoms with Gasteiger partial charge in [0.25, 0.3) is 0 Å². The van der Waals surface area contributed by atoms with E-state index in [0.717, 1.165) is 128 Å². The molecule has 114 heavy (non-hydrogen) atoms. The maximum atomic E-state index is 5.40.